The topological polar surface area (TPSA) is 44.1 Å². The minimum atomic E-state index is -0.300. The first kappa shape index (κ1) is 13.0. The maximum Gasteiger partial charge on any atom is 0.264 e. The molecule has 1 amide bonds. The zero-order chi connectivity index (χ0) is 12.8. The smallest absolute Gasteiger partial charge is 0.264 e. The van der Waals surface area contributed by atoms with Crippen LogP contribution in [0.2, 0.25) is 0 Å². The Morgan fingerprint density at radius 2 is 2.00 bits per heavy atom. The van der Waals surface area contributed by atoms with Crippen LogP contribution in [0.3, 0.4) is 0 Å². The van der Waals surface area contributed by atoms with Crippen LogP contribution in [0.15, 0.2) is 42.5 Å². The van der Waals surface area contributed by atoms with Crippen molar-refractivity contribution < 1.29 is 4.79 Å². The van der Waals surface area contributed by atoms with Gasteiger partial charge < -0.3 is 4.90 Å². The summed E-state index contributed by atoms with van der Waals surface area (Å²) >= 11 is 0. The fourth-order valence-corrected chi connectivity index (χ4v) is 1.49. The van der Waals surface area contributed by atoms with Gasteiger partial charge in [0.15, 0.2) is 0 Å². The van der Waals surface area contributed by atoms with Crippen molar-refractivity contribution in [3.63, 3.8) is 0 Å². The Morgan fingerprint density at radius 1 is 1.41 bits per heavy atom. The molecule has 0 aliphatic rings. The van der Waals surface area contributed by atoms with Crippen molar-refractivity contribution >= 4 is 5.91 Å². The number of nitriles is 1. The monoisotopic (exact) mass is 228 g/mol. The highest BCUT2D eigenvalue weighted by Gasteiger charge is 2.19. The molecule has 0 N–H and O–H groups in total. The Balaban J connectivity index is 2.85. The molecule has 0 aliphatic heterocycles. The van der Waals surface area contributed by atoms with Crippen LogP contribution in [0, 0.1) is 11.3 Å². The summed E-state index contributed by atoms with van der Waals surface area (Å²) in [6.45, 7) is 7.81. The minimum Gasteiger partial charge on any atom is -0.331 e. The number of rotatable bonds is 4. The van der Waals surface area contributed by atoms with E-state index in [9.17, 15) is 4.79 Å². The Morgan fingerprint density at radius 3 is 2.47 bits per heavy atom. The van der Waals surface area contributed by atoms with Crippen LogP contribution in [0.5, 0.6) is 0 Å². The van der Waals surface area contributed by atoms with E-state index in [0.29, 0.717) is 6.54 Å². The van der Waals surface area contributed by atoms with Gasteiger partial charge in [-0.25, -0.2) is 0 Å². The second kappa shape index (κ2) is 5.86. The van der Waals surface area contributed by atoms with Crippen LogP contribution in [0.1, 0.15) is 19.4 Å². The van der Waals surface area contributed by atoms with E-state index in [4.69, 9.17) is 5.26 Å². The van der Waals surface area contributed by atoms with E-state index in [2.05, 4.69) is 6.58 Å². The molecule has 0 aliphatic carbocycles. The summed E-state index contributed by atoms with van der Waals surface area (Å²) in [6.07, 6.45) is 0. The molecule has 0 spiro atoms. The van der Waals surface area contributed by atoms with Crippen LogP contribution in [0.25, 0.3) is 0 Å². The van der Waals surface area contributed by atoms with Crippen molar-refractivity contribution in [3.05, 3.63) is 48.0 Å². The number of carbonyl (C=O) groups is 1. The van der Waals surface area contributed by atoms with Crippen molar-refractivity contribution in [1.82, 2.24) is 4.90 Å². The second-order valence-electron chi connectivity index (χ2n) is 4.10. The third-order valence-corrected chi connectivity index (χ3v) is 2.47. The molecule has 0 saturated heterocycles. The van der Waals surface area contributed by atoms with Gasteiger partial charge in [-0.3, -0.25) is 4.79 Å². The first-order valence-corrected chi connectivity index (χ1v) is 5.50. The lowest BCUT2D eigenvalue weighted by Gasteiger charge is -2.26. The summed E-state index contributed by atoms with van der Waals surface area (Å²) in [4.78, 5) is 13.6. The number of benzene rings is 1. The number of hydrogen-bond donors (Lipinski definition) is 0. The van der Waals surface area contributed by atoms with E-state index in [0.717, 1.165) is 5.56 Å². The van der Waals surface area contributed by atoms with Crippen LogP contribution < -0.4 is 0 Å². The van der Waals surface area contributed by atoms with Gasteiger partial charge in [0.05, 0.1) is 0 Å². The second-order valence-corrected chi connectivity index (χ2v) is 4.10. The van der Waals surface area contributed by atoms with Crippen LogP contribution in [-0.4, -0.2) is 16.8 Å². The molecule has 0 aromatic heterocycles. The third-order valence-electron chi connectivity index (χ3n) is 2.47. The summed E-state index contributed by atoms with van der Waals surface area (Å²) in [5.41, 5.74) is 1.02. The highest BCUT2D eigenvalue weighted by Crippen LogP contribution is 2.11. The lowest BCUT2D eigenvalue weighted by atomic mass is 10.1. The molecule has 3 nitrogen and oxygen atoms in total. The maximum absolute atomic E-state index is 11.9. The molecule has 88 valence electrons. The van der Waals surface area contributed by atoms with Gasteiger partial charge in [-0.05, 0) is 19.4 Å². The van der Waals surface area contributed by atoms with Gasteiger partial charge in [0.25, 0.3) is 5.91 Å². The van der Waals surface area contributed by atoms with E-state index < -0.39 is 0 Å². The number of carbonyl (C=O) groups excluding carboxylic acids is 1. The number of nitrogens with zero attached hydrogens (tertiary/aromatic N) is 2. The molecule has 3 heteroatoms. The highest BCUT2D eigenvalue weighted by molar-refractivity contribution is 5.96. The van der Waals surface area contributed by atoms with E-state index in [1.165, 1.54) is 0 Å². The fourth-order valence-electron chi connectivity index (χ4n) is 1.49. The molecule has 0 heterocycles. The maximum atomic E-state index is 11.9. The van der Waals surface area contributed by atoms with Crippen molar-refractivity contribution in [2.24, 2.45) is 0 Å². The summed E-state index contributed by atoms with van der Waals surface area (Å²) in [5.74, 6) is -0.300. The van der Waals surface area contributed by atoms with E-state index >= 15 is 0 Å². The van der Waals surface area contributed by atoms with Crippen LogP contribution in [-0.2, 0) is 11.3 Å². The standard InChI is InChI=1S/C14H16N2O/c1-11(2)16(14(17)12(3)9-15)10-13-7-5-4-6-8-13/h4-8,11H,3,10H2,1-2H3. The van der Waals surface area contributed by atoms with Gasteiger partial charge >= 0.3 is 0 Å². The summed E-state index contributed by atoms with van der Waals surface area (Å²) < 4.78 is 0. The molecule has 1 aromatic rings. The first-order valence-electron chi connectivity index (χ1n) is 5.50. The molecule has 1 rings (SSSR count). The van der Waals surface area contributed by atoms with Crippen LogP contribution >= 0.6 is 0 Å². The highest BCUT2D eigenvalue weighted by atomic mass is 16.2. The average Bonchev–Trinajstić information content (AvgIpc) is 2.35. The van der Waals surface area contributed by atoms with Crippen LogP contribution in [0.4, 0.5) is 0 Å². The molecular weight excluding hydrogens is 212 g/mol. The summed E-state index contributed by atoms with van der Waals surface area (Å²) in [6, 6.07) is 11.5. The van der Waals surface area contributed by atoms with Crippen molar-refractivity contribution in [2.45, 2.75) is 26.4 Å². The van der Waals surface area contributed by atoms with Crippen molar-refractivity contribution in [2.75, 3.05) is 0 Å². The Labute approximate surface area is 102 Å². The zero-order valence-electron chi connectivity index (χ0n) is 10.2. The normalized spacial score (nSPS) is 9.76. The molecular formula is C14H16N2O. The van der Waals surface area contributed by atoms with E-state index in [1.807, 2.05) is 44.2 Å². The lowest BCUT2D eigenvalue weighted by Crippen LogP contribution is -2.36. The first-order chi connectivity index (χ1) is 8.06. The van der Waals surface area contributed by atoms with Gasteiger partial charge in [-0.2, -0.15) is 5.26 Å². The van der Waals surface area contributed by atoms with E-state index in [1.54, 1.807) is 11.0 Å². The molecule has 17 heavy (non-hydrogen) atoms. The Bertz CT molecular complexity index is 443. The molecule has 0 unspecified atom stereocenters. The van der Waals surface area contributed by atoms with Gasteiger partial charge in [-0.15, -0.1) is 0 Å². The molecule has 0 fully saturated rings. The summed E-state index contributed by atoms with van der Waals surface area (Å²) in [5, 5.41) is 8.70. The van der Waals surface area contributed by atoms with E-state index in [-0.39, 0.29) is 17.5 Å². The third kappa shape index (κ3) is 3.46. The predicted molar refractivity (Wildman–Crippen MR) is 66.9 cm³/mol. The van der Waals surface area contributed by atoms with Crippen molar-refractivity contribution in [3.8, 4) is 6.07 Å². The molecule has 0 saturated carbocycles. The number of amides is 1. The molecule has 0 bridgehead atoms. The Kier molecular flexibility index (Phi) is 4.47. The van der Waals surface area contributed by atoms with Gasteiger partial charge in [0.1, 0.15) is 11.6 Å². The zero-order valence-corrected chi connectivity index (χ0v) is 10.2. The quantitative estimate of drug-likeness (QED) is 0.587. The summed E-state index contributed by atoms with van der Waals surface area (Å²) in [7, 11) is 0. The van der Waals surface area contributed by atoms with Gasteiger partial charge in [-0.1, -0.05) is 36.9 Å². The van der Waals surface area contributed by atoms with Gasteiger partial charge in [0, 0.05) is 12.6 Å². The van der Waals surface area contributed by atoms with Crippen molar-refractivity contribution in [1.29, 1.82) is 5.26 Å². The fraction of sp³-hybridized carbons (Fsp3) is 0.286. The largest absolute Gasteiger partial charge is 0.331 e. The number of hydrogen-bond acceptors (Lipinski definition) is 2. The SMILES string of the molecule is C=C(C#N)C(=O)N(Cc1ccccc1)C(C)C. The minimum absolute atomic E-state index is 0.0189. The molecule has 0 atom stereocenters. The molecule has 1 aromatic carbocycles. The van der Waals surface area contributed by atoms with Gasteiger partial charge in [0.2, 0.25) is 0 Å². The Hall–Kier alpha value is -2.08. The molecule has 0 radical (unpaired) electrons. The lowest BCUT2D eigenvalue weighted by molar-refractivity contribution is -0.128. The average molecular weight is 228 g/mol. The predicted octanol–water partition coefficient (Wildman–Crippen LogP) is 2.50.